The molecule has 0 amide bonds. The number of hydrogen-bond acceptors (Lipinski definition) is 2. The van der Waals surface area contributed by atoms with Crippen LogP contribution in [-0.4, -0.2) is 36.1 Å². The maximum absolute atomic E-state index is 13.0. The number of carboxylic acid groups (broad SMARTS) is 1. The normalized spacial score (nSPS) is 23.0. The second-order valence-electron chi connectivity index (χ2n) is 5.78. The number of likely N-dealkylation sites (N-methyl/N-ethyl adjacent to an activating group) is 1. The minimum absolute atomic E-state index is 0.183. The summed E-state index contributed by atoms with van der Waals surface area (Å²) < 4.78 is 13.0. The number of carbonyl (C=O) groups is 1. The fraction of sp³-hybridized carbons (Fsp3) is 0.471. The van der Waals surface area contributed by atoms with Crippen molar-refractivity contribution in [3.05, 3.63) is 47.8 Å². The first-order chi connectivity index (χ1) is 10.1. The molecule has 0 bridgehead atoms. The van der Waals surface area contributed by atoms with Gasteiger partial charge in [0.15, 0.2) is 0 Å². The molecular weight excluding hydrogens is 269 g/mol. The number of aliphatic carboxylic acids is 1. The summed E-state index contributed by atoms with van der Waals surface area (Å²) in [6.07, 6.45) is 5.74. The maximum atomic E-state index is 13.0. The molecule has 1 aliphatic rings. The van der Waals surface area contributed by atoms with E-state index in [1.54, 1.807) is 0 Å². The van der Waals surface area contributed by atoms with Crippen LogP contribution in [0.4, 0.5) is 4.39 Å². The number of hydrogen-bond donors (Lipinski definition) is 1. The average Bonchev–Trinajstić information content (AvgIpc) is 2.80. The Morgan fingerprint density at radius 3 is 2.71 bits per heavy atom. The summed E-state index contributed by atoms with van der Waals surface area (Å²) in [5.74, 6) is -0.0408. The van der Waals surface area contributed by atoms with E-state index < -0.39 is 5.97 Å². The second kappa shape index (κ2) is 7.36. The Balaban J connectivity index is 1.93. The highest BCUT2D eigenvalue weighted by Gasteiger charge is 2.30. The Bertz CT molecular complexity index is 498. The summed E-state index contributed by atoms with van der Waals surface area (Å²) in [4.78, 5) is 12.8. The number of allylic oxidation sites excluding steroid dienone is 2. The van der Waals surface area contributed by atoms with Crippen molar-refractivity contribution in [1.82, 2.24) is 4.90 Å². The largest absolute Gasteiger partial charge is 0.481 e. The summed E-state index contributed by atoms with van der Waals surface area (Å²) in [5.41, 5.74) is 1.18. The van der Waals surface area contributed by atoms with Crippen molar-refractivity contribution < 1.29 is 14.3 Å². The molecule has 1 aromatic carbocycles. The van der Waals surface area contributed by atoms with Crippen LogP contribution in [0.25, 0.3) is 0 Å². The topological polar surface area (TPSA) is 40.5 Å². The van der Waals surface area contributed by atoms with Gasteiger partial charge in [-0.1, -0.05) is 24.3 Å². The second-order valence-corrected chi connectivity index (χ2v) is 5.78. The van der Waals surface area contributed by atoms with Crippen LogP contribution < -0.4 is 0 Å². The van der Waals surface area contributed by atoms with Crippen molar-refractivity contribution in [2.45, 2.75) is 25.2 Å². The van der Waals surface area contributed by atoms with Crippen molar-refractivity contribution in [2.24, 2.45) is 5.92 Å². The molecule has 114 valence electrons. The van der Waals surface area contributed by atoms with Gasteiger partial charge in [-0.05, 0) is 43.5 Å². The molecule has 1 fully saturated rings. The molecule has 0 aromatic heterocycles. The lowest BCUT2D eigenvalue weighted by atomic mass is 9.86. The molecule has 1 aromatic rings. The zero-order chi connectivity index (χ0) is 15.2. The zero-order valence-electron chi connectivity index (χ0n) is 12.3. The molecule has 0 spiro atoms. The Kier molecular flexibility index (Phi) is 5.51. The van der Waals surface area contributed by atoms with Crippen molar-refractivity contribution in [3.8, 4) is 0 Å². The monoisotopic (exact) mass is 291 g/mol. The van der Waals surface area contributed by atoms with Crippen LogP contribution >= 0.6 is 0 Å². The van der Waals surface area contributed by atoms with Crippen LogP contribution in [0.3, 0.4) is 0 Å². The van der Waals surface area contributed by atoms with E-state index in [0.29, 0.717) is 18.3 Å². The molecule has 1 aliphatic heterocycles. The molecule has 0 saturated carbocycles. The smallest absolute Gasteiger partial charge is 0.303 e. The minimum Gasteiger partial charge on any atom is -0.481 e. The number of nitrogens with zero attached hydrogens (tertiary/aromatic N) is 1. The van der Waals surface area contributed by atoms with Crippen molar-refractivity contribution >= 4 is 5.97 Å². The zero-order valence-corrected chi connectivity index (χ0v) is 12.3. The molecule has 21 heavy (non-hydrogen) atoms. The quantitative estimate of drug-likeness (QED) is 0.818. The third kappa shape index (κ3) is 4.67. The Morgan fingerprint density at radius 1 is 1.33 bits per heavy atom. The highest BCUT2D eigenvalue weighted by Crippen LogP contribution is 2.34. The van der Waals surface area contributed by atoms with Crippen molar-refractivity contribution in [3.63, 3.8) is 0 Å². The van der Waals surface area contributed by atoms with Crippen LogP contribution in [0, 0.1) is 11.7 Å². The molecule has 1 heterocycles. The van der Waals surface area contributed by atoms with E-state index in [1.165, 1.54) is 17.7 Å². The molecule has 0 unspecified atom stereocenters. The Morgan fingerprint density at radius 2 is 2.05 bits per heavy atom. The summed E-state index contributed by atoms with van der Waals surface area (Å²) in [6.45, 7) is 2.00. The molecule has 1 N–H and O–H groups in total. The molecule has 1 saturated heterocycles. The minimum atomic E-state index is -0.760. The lowest BCUT2D eigenvalue weighted by molar-refractivity contribution is -0.136. The number of likely N-dealkylation sites (tertiary alicyclic amines) is 1. The maximum Gasteiger partial charge on any atom is 0.303 e. The molecule has 0 aliphatic carbocycles. The molecule has 2 atom stereocenters. The van der Waals surface area contributed by atoms with Crippen LogP contribution in [-0.2, 0) is 4.79 Å². The van der Waals surface area contributed by atoms with Gasteiger partial charge >= 0.3 is 5.97 Å². The van der Waals surface area contributed by atoms with Crippen LogP contribution in [0.2, 0.25) is 0 Å². The third-order valence-electron chi connectivity index (χ3n) is 4.05. The molecule has 3 nitrogen and oxygen atoms in total. The number of carboxylic acids is 1. The van der Waals surface area contributed by atoms with Crippen molar-refractivity contribution in [1.29, 1.82) is 0 Å². The van der Waals surface area contributed by atoms with Gasteiger partial charge in [0, 0.05) is 25.4 Å². The lowest BCUT2D eigenvalue weighted by Gasteiger charge is -2.17. The highest BCUT2D eigenvalue weighted by molar-refractivity contribution is 5.66. The highest BCUT2D eigenvalue weighted by atomic mass is 19.1. The molecule has 2 rings (SSSR count). The third-order valence-corrected chi connectivity index (χ3v) is 4.05. The average molecular weight is 291 g/mol. The summed E-state index contributed by atoms with van der Waals surface area (Å²) >= 11 is 0. The summed E-state index contributed by atoms with van der Waals surface area (Å²) in [6, 6.07) is 6.79. The van der Waals surface area contributed by atoms with Gasteiger partial charge in [0.25, 0.3) is 0 Å². The van der Waals surface area contributed by atoms with E-state index in [2.05, 4.69) is 18.0 Å². The Labute approximate surface area is 125 Å². The molecule has 0 radical (unpaired) electrons. The van der Waals surface area contributed by atoms with E-state index in [-0.39, 0.29) is 12.2 Å². The van der Waals surface area contributed by atoms with E-state index in [4.69, 9.17) is 5.11 Å². The first kappa shape index (κ1) is 15.7. The number of benzene rings is 1. The molecule has 4 heteroatoms. The van der Waals surface area contributed by atoms with E-state index >= 15 is 0 Å². The van der Waals surface area contributed by atoms with Gasteiger partial charge < -0.3 is 10.0 Å². The van der Waals surface area contributed by atoms with E-state index in [1.807, 2.05) is 18.2 Å². The van der Waals surface area contributed by atoms with Crippen LogP contribution in [0.1, 0.15) is 30.7 Å². The van der Waals surface area contributed by atoms with Gasteiger partial charge in [-0.3, -0.25) is 4.79 Å². The van der Waals surface area contributed by atoms with Gasteiger partial charge in [0.1, 0.15) is 5.82 Å². The number of halogens is 1. The fourth-order valence-electron chi connectivity index (χ4n) is 3.01. The Hall–Kier alpha value is -1.68. The SMILES string of the molecule is CN1C[C@H](CC=CCCC(=O)O)[C@H](c2ccc(F)cc2)C1. The summed E-state index contributed by atoms with van der Waals surface area (Å²) in [5, 5.41) is 8.60. The first-order valence-electron chi connectivity index (χ1n) is 7.37. The predicted octanol–water partition coefficient (Wildman–Crippen LogP) is 3.28. The van der Waals surface area contributed by atoms with Crippen molar-refractivity contribution in [2.75, 3.05) is 20.1 Å². The van der Waals surface area contributed by atoms with Crippen LogP contribution in [0.5, 0.6) is 0 Å². The number of rotatable bonds is 6. The fourth-order valence-corrected chi connectivity index (χ4v) is 3.01. The van der Waals surface area contributed by atoms with Gasteiger partial charge in [-0.2, -0.15) is 0 Å². The van der Waals surface area contributed by atoms with Crippen LogP contribution in [0.15, 0.2) is 36.4 Å². The van der Waals surface area contributed by atoms with Gasteiger partial charge in [-0.15, -0.1) is 0 Å². The van der Waals surface area contributed by atoms with E-state index in [0.717, 1.165) is 19.5 Å². The molecular formula is C17H22FNO2. The van der Waals surface area contributed by atoms with E-state index in [9.17, 15) is 9.18 Å². The lowest BCUT2D eigenvalue weighted by Crippen LogP contribution is -2.13. The van der Waals surface area contributed by atoms with Gasteiger partial charge in [-0.25, -0.2) is 4.39 Å². The summed E-state index contributed by atoms with van der Waals surface area (Å²) in [7, 11) is 2.10. The first-order valence-corrected chi connectivity index (χ1v) is 7.37. The van der Waals surface area contributed by atoms with Gasteiger partial charge in [0.05, 0.1) is 0 Å². The predicted molar refractivity (Wildman–Crippen MR) is 80.8 cm³/mol. The van der Waals surface area contributed by atoms with Gasteiger partial charge in [0.2, 0.25) is 0 Å². The standard InChI is InChI=1S/C17H22FNO2/c1-19-11-14(5-3-2-4-6-17(20)21)16(12-19)13-7-9-15(18)10-8-13/h2-3,7-10,14,16H,4-6,11-12H2,1H3,(H,20,21)/t14-,16-/m0/s1.